The van der Waals surface area contributed by atoms with Crippen molar-refractivity contribution in [2.75, 3.05) is 11.9 Å². The largest absolute Gasteiger partial charge is 0.508 e. The van der Waals surface area contributed by atoms with E-state index < -0.39 is 24.3 Å². The van der Waals surface area contributed by atoms with Crippen LogP contribution in [0.25, 0.3) is 0 Å². The van der Waals surface area contributed by atoms with E-state index in [1.54, 1.807) is 13.0 Å². The maximum absolute atomic E-state index is 13.3. The number of ether oxygens (including phenoxy) is 1. The van der Waals surface area contributed by atoms with Crippen molar-refractivity contribution in [1.82, 2.24) is 0 Å². The molecule has 0 unspecified atom stereocenters. The van der Waals surface area contributed by atoms with Gasteiger partial charge in [0.2, 0.25) is 0 Å². The van der Waals surface area contributed by atoms with Crippen LogP contribution in [0.1, 0.15) is 15.9 Å². The average Bonchev–Trinajstić information content (AvgIpc) is 2.48. The Morgan fingerprint density at radius 1 is 1.23 bits per heavy atom. The van der Waals surface area contributed by atoms with E-state index in [0.717, 1.165) is 0 Å². The molecule has 2 aromatic carbocycles. The molecule has 1 amide bonds. The number of aromatic hydroxyl groups is 1. The monoisotopic (exact) mass is 303 g/mol. The fourth-order valence-electron chi connectivity index (χ4n) is 1.71. The minimum Gasteiger partial charge on any atom is -0.508 e. The number of phenolic OH excluding ortho intramolecular Hbond substituents is 1. The van der Waals surface area contributed by atoms with Crippen LogP contribution >= 0.6 is 0 Å². The van der Waals surface area contributed by atoms with Gasteiger partial charge in [0.15, 0.2) is 6.61 Å². The van der Waals surface area contributed by atoms with Crippen LogP contribution in [0.2, 0.25) is 0 Å². The lowest BCUT2D eigenvalue weighted by molar-refractivity contribution is -0.119. The number of nitrogens with one attached hydrogen (secondary N) is 1. The zero-order valence-corrected chi connectivity index (χ0v) is 11.8. The quantitative estimate of drug-likeness (QED) is 0.851. The van der Waals surface area contributed by atoms with Crippen LogP contribution in [-0.4, -0.2) is 23.6 Å². The number of carbonyl (C=O) groups excluding carboxylic acids is 2. The maximum atomic E-state index is 13.3. The maximum Gasteiger partial charge on any atom is 0.338 e. The Morgan fingerprint density at radius 2 is 2.00 bits per heavy atom. The highest BCUT2D eigenvalue weighted by molar-refractivity contribution is 5.95. The lowest BCUT2D eigenvalue weighted by atomic mass is 10.2. The average molecular weight is 303 g/mol. The van der Waals surface area contributed by atoms with E-state index in [1.807, 2.05) is 0 Å². The Balaban J connectivity index is 1.90. The first-order valence-electron chi connectivity index (χ1n) is 6.48. The smallest absolute Gasteiger partial charge is 0.338 e. The van der Waals surface area contributed by atoms with Gasteiger partial charge in [-0.05, 0) is 42.8 Å². The molecule has 2 rings (SSSR count). The van der Waals surface area contributed by atoms with Gasteiger partial charge in [-0.25, -0.2) is 9.18 Å². The van der Waals surface area contributed by atoms with Crippen LogP contribution < -0.4 is 5.32 Å². The topological polar surface area (TPSA) is 75.6 Å². The van der Waals surface area contributed by atoms with Gasteiger partial charge in [-0.1, -0.05) is 12.1 Å². The molecule has 2 aromatic rings. The molecule has 22 heavy (non-hydrogen) atoms. The molecule has 2 N–H and O–H groups in total. The number of anilines is 1. The van der Waals surface area contributed by atoms with E-state index in [-0.39, 0.29) is 17.0 Å². The highest BCUT2D eigenvalue weighted by Gasteiger charge is 2.11. The number of halogens is 1. The highest BCUT2D eigenvalue weighted by atomic mass is 19.1. The molecule has 0 saturated carbocycles. The minimum absolute atomic E-state index is 0.0750. The lowest BCUT2D eigenvalue weighted by Gasteiger charge is -2.07. The third-order valence-corrected chi connectivity index (χ3v) is 2.87. The molecule has 0 atom stereocenters. The van der Waals surface area contributed by atoms with Gasteiger partial charge in [-0.3, -0.25) is 4.79 Å². The standard InChI is InChI=1S/C16H14FNO4/c1-10-5-6-12(8-14(10)17)18-15(20)9-22-16(21)11-3-2-4-13(19)7-11/h2-8,19H,9H2,1H3,(H,18,20). The summed E-state index contributed by atoms with van der Waals surface area (Å²) in [4.78, 5) is 23.3. The Kier molecular flexibility index (Phi) is 4.73. The summed E-state index contributed by atoms with van der Waals surface area (Å²) in [7, 11) is 0. The van der Waals surface area contributed by atoms with Crippen molar-refractivity contribution in [3.8, 4) is 5.75 Å². The van der Waals surface area contributed by atoms with Crippen LogP contribution in [0.5, 0.6) is 5.75 Å². The summed E-state index contributed by atoms with van der Waals surface area (Å²) in [6.45, 7) is 1.10. The van der Waals surface area contributed by atoms with Gasteiger partial charge in [-0.15, -0.1) is 0 Å². The zero-order valence-electron chi connectivity index (χ0n) is 11.8. The van der Waals surface area contributed by atoms with Crippen molar-refractivity contribution in [2.45, 2.75) is 6.92 Å². The number of benzene rings is 2. The van der Waals surface area contributed by atoms with E-state index in [2.05, 4.69) is 5.32 Å². The van der Waals surface area contributed by atoms with Crippen molar-refractivity contribution in [2.24, 2.45) is 0 Å². The first-order valence-corrected chi connectivity index (χ1v) is 6.48. The third kappa shape index (κ3) is 4.05. The van der Waals surface area contributed by atoms with Crippen LogP contribution in [0.4, 0.5) is 10.1 Å². The van der Waals surface area contributed by atoms with Gasteiger partial charge >= 0.3 is 5.97 Å². The predicted molar refractivity (Wildman–Crippen MR) is 78.2 cm³/mol. The van der Waals surface area contributed by atoms with Crippen molar-refractivity contribution >= 4 is 17.6 Å². The van der Waals surface area contributed by atoms with Crippen molar-refractivity contribution in [3.05, 3.63) is 59.4 Å². The number of phenols is 1. The van der Waals surface area contributed by atoms with Crippen LogP contribution in [-0.2, 0) is 9.53 Å². The Morgan fingerprint density at radius 3 is 2.68 bits per heavy atom. The Labute approximate surface area is 126 Å². The number of rotatable bonds is 4. The second-order valence-electron chi connectivity index (χ2n) is 4.64. The Hall–Kier alpha value is -2.89. The van der Waals surface area contributed by atoms with Crippen LogP contribution in [0.3, 0.4) is 0 Å². The summed E-state index contributed by atoms with van der Waals surface area (Å²) in [5, 5.41) is 11.7. The molecule has 0 aliphatic heterocycles. The van der Waals surface area contributed by atoms with E-state index in [0.29, 0.717) is 5.56 Å². The highest BCUT2D eigenvalue weighted by Crippen LogP contribution is 2.14. The van der Waals surface area contributed by atoms with Crippen molar-refractivity contribution < 1.29 is 23.8 Å². The van der Waals surface area contributed by atoms with Crippen LogP contribution in [0.15, 0.2) is 42.5 Å². The Bertz CT molecular complexity index is 715. The SMILES string of the molecule is Cc1ccc(NC(=O)COC(=O)c2cccc(O)c2)cc1F. The summed E-state index contributed by atoms with van der Waals surface area (Å²) in [5.74, 6) is -1.83. The second kappa shape index (κ2) is 6.71. The number of esters is 1. The normalized spacial score (nSPS) is 10.1. The fraction of sp³-hybridized carbons (Fsp3) is 0.125. The molecule has 6 heteroatoms. The van der Waals surface area contributed by atoms with E-state index >= 15 is 0 Å². The second-order valence-corrected chi connectivity index (χ2v) is 4.64. The number of hydrogen-bond donors (Lipinski definition) is 2. The van der Waals surface area contributed by atoms with Crippen molar-refractivity contribution in [3.63, 3.8) is 0 Å². The molecule has 0 saturated heterocycles. The van der Waals surface area contributed by atoms with E-state index in [1.165, 1.54) is 36.4 Å². The summed E-state index contributed by atoms with van der Waals surface area (Å²) in [6.07, 6.45) is 0. The van der Waals surface area contributed by atoms with Gasteiger partial charge in [-0.2, -0.15) is 0 Å². The first kappa shape index (κ1) is 15.5. The minimum atomic E-state index is -0.735. The zero-order chi connectivity index (χ0) is 16.1. The molecular weight excluding hydrogens is 289 g/mol. The molecule has 5 nitrogen and oxygen atoms in total. The fourth-order valence-corrected chi connectivity index (χ4v) is 1.71. The summed E-state index contributed by atoms with van der Waals surface area (Å²) in [5.41, 5.74) is 0.879. The van der Waals surface area contributed by atoms with Gasteiger partial charge < -0.3 is 15.2 Å². The molecule has 114 valence electrons. The summed E-state index contributed by atoms with van der Waals surface area (Å²) >= 11 is 0. The molecule has 0 aliphatic rings. The number of aryl methyl sites for hydroxylation is 1. The molecule has 0 aromatic heterocycles. The molecule has 0 bridgehead atoms. The number of amides is 1. The summed E-state index contributed by atoms with van der Waals surface area (Å²) < 4.78 is 18.2. The third-order valence-electron chi connectivity index (χ3n) is 2.87. The van der Waals surface area contributed by atoms with Gasteiger partial charge in [0.05, 0.1) is 5.56 Å². The molecule has 0 heterocycles. The lowest BCUT2D eigenvalue weighted by Crippen LogP contribution is -2.21. The number of hydrogen-bond acceptors (Lipinski definition) is 4. The molecule has 0 fully saturated rings. The molecule has 0 aliphatic carbocycles. The van der Waals surface area contributed by atoms with Crippen LogP contribution in [0, 0.1) is 12.7 Å². The predicted octanol–water partition coefficient (Wildman–Crippen LogP) is 2.64. The summed E-state index contributed by atoms with van der Waals surface area (Å²) in [6, 6.07) is 9.85. The molecular formula is C16H14FNO4. The van der Waals surface area contributed by atoms with Crippen molar-refractivity contribution in [1.29, 1.82) is 0 Å². The number of carbonyl (C=O) groups is 2. The molecule has 0 radical (unpaired) electrons. The van der Waals surface area contributed by atoms with Gasteiger partial charge in [0.25, 0.3) is 5.91 Å². The molecule has 0 spiro atoms. The van der Waals surface area contributed by atoms with E-state index in [9.17, 15) is 19.1 Å². The van der Waals surface area contributed by atoms with Gasteiger partial charge in [0, 0.05) is 5.69 Å². The van der Waals surface area contributed by atoms with Gasteiger partial charge in [0.1, 0.15) is 11.6 Å². The van der Waals surface area contributed by atoms with E-state index in [4.69, 9.17) is 4.74 Å². The first-order chi connectivity index (χ1) is 10.5.